The molecule has 4 unspecified atom stereocenters. The zero-order valence-corrected chi connectivity index (χ0v) is 18.9. The number of aliphatic hydroxyl groups is 1. The van der Waals surface area contributed by atoms with E-state index in [1.54, 1.807) is 18.2 Å². The molecule has 0 amide bonds. The largest absolute Gasteiger partial charge is 0.490 e. The molecule has 4 atom stereocenters. The lowest BCUT2D eigenvalue weighted by atomic mass is 9.67. The number of amidine groups is 1. The van der Waals surface area contributed by atoms with Gasteiger partial charge in [0.05, 0.1) is 11.7 Å². The molecule has 200 valence electrons. The van der Waals surface area contributed by atoms with E-state index >= 15 is 0 Å². The molecule has 4 N–H and O–H groups in total. The van der Waals surface area contributed by atoms with Gasteiger partial charge in [0.25, 0.3) is 6.02 Å². The van der Waals surface area contributed by atoms with E-state index < -0.39 is 35.5 Å². The number of halogens is 6. The summed E-state index contributed by atoms with van der Waals surface area (Å²) in [6, 6.07) is 6.37. The summed E-state index contributed by atoms with van der Waals surface area (Å²) in [5.74, 6) is -2.30. The van der Waals surface area contributed by atoms with Crippen molar-refractivity contribution in [3.8, 4) is 16.9 Å². The second-order valence-corrected chi connectivity index (χ2v) is 8.87. The average molecular weight is 533 g/mol. The van der Waals surface area contributed by atoms with E-state index in [0.29, 0.717) is 41.7 Å². The number of carbonyl (C=O) groups is 1. The number of benzene rings is 1. The highest BCUT2D eigenvalue weighted by atomic mass is 19.4. The van der Waals surface area contributed by atoms with Gasteiger partial charge in [-0.05, 0) is 43.0 Å². The first kappa shape index (κ1) is 26.5. The van der Waals surface area contributed by atoms with Crippen molar-refractivity contribution in [2.24, 2.45) is 16.6 Å². The number of ether oxygens (including phenoxy) is 2. The number of fused-ring (bicyclic) bond motifs is 4. The van der Waals surface area contributed by atoms with Crippen LogP contribution in [0, 0.1) is 5.92 Å². The number of carboxylic acid groups (broad SMARTS) is 1. The Morgan fingerprint density at radius 1 is 1.08 bits per heavy atom. The highest BCUT2D eigenvalue weighted by molar-refractivity contribution is 5.75. The molecule has 0 radical (unpaired) electrons. The SMILES string of the molecule is NC1=NC2(CO1)c1cc(-c3cncc(C(F)(F)F)c3)ccc1OC1CCC(O)CC12.O=C(O)C(F)(F)F. The minimum atomic E-state index is -5.08. The molecule has 2 aliphatic heterocycles. The van der Waals surface area contributed by atoms with Crippen molar-refractivity contribution in [2.75, 3.05) is 6.61 Å². The monoisotopic (exact) mass is 533 g/mol. The van der Waals surface area contributed by atoms with E-state index in [1.165, 1.54) is 6.20 Å². The summed E-state index contributed by atoms with van der Waals surface area (Å²) in [5, 5.41) is 17.4. The summed E-state index contributed by atoms with van der Waals surface area (Å²) in [6.07, 6.45) is -6.17. The number of pyridine rings is 1. The fraction of sp³-hybridized carbons (Fsp3) is 0.435. The quantitative estimate of drug-likeness (QED) is 0.475. The van der Waals surface area contributed by atoms with Crippen LogP contribution >= 0.6 is 0 Å². The molecule has 1 aromatic heterocycles. The zero-order valence-electron chi connectivity index (χ0n) is 18.9. The summed E-state index contributed by atoms with van der Waals surface area (Å²) >= 11 is 0. The number of carboxylic acids is 1. The normalized spacial score (nSPS) is 26.6. The van der Waals surface area contributed by atoms with Crippen molar-refractivity contribution in [1.29, 1.82) is 0 Å². The Bertz CT molecular complexity index is 1220. The zero-order chi connectivity index (χ0) is 27.2. The van der Waals surface area contributed by atoms with Gasteiger partial charge in [-0.25, -0.2) is 9.79 Å². The van der Waals surface area contributed by atoms with Crippen molar-refractivity contribution >= 4 is 12.0 Å². The number of aliphatic imine (C=N–C) groups is 1. The van der Waals surface area contributed by atoms with Crippen LogP contribution in [0.2, 0.25) is 0 Å². The smallest absolute Gasteiger partial charge is 0.490 e. The molecule has 3 aliphatic rings. The maximum atomic E-state index is 13.1. The lowest BCUT2D eigenvalue weighted by molar-refractivity contribution is -0.192. The van der Waals surface area contributed by atoms with Gasteiger partial charge in [0.15, 0.2) is 0 Å². The maximum absolute atomic E-state index is 13.1. The molecule has 1 spiro atoms. The first-order valence-electron chi connectivity index (χ1n) is 11.0. The molecule has 8 nitrogen and oxygen atoms in total. The molecule has 3 heterocycles. The van der Waals surface area contributed by atoms with Crippen LogP contribution in [0.5, 0.6) is 5.75 Å². The second kappa shape index (κ2) is 9.39. The van der Waals surface area contributed by atoms with Crippen LogP contribution in [0.15, 0.2) is 41.7 Å². The van der Waals surface area contributed by atoms with Gasteiger partial charge in [-0.3, -0.25) is 4.98 Å². The average Bonchev–Trinajstić information content (AvgIpc) is 3.21. The van der Waals surface area contributed by atoms with Crippen molar-refractivity contribution < 1.29 is 50.8 Å². The van der Waals surface area contributed by atoms with E-state index in [4.69, 9.17) is 25.1 Å². The number of hydrogen-bond acceptors (Lipinski definition) is 7. The van der Waals surface area contributed by atoms with Crippen molar-refractivity contribution in [3.63, 3.8) is 0 Å². The van der Waals surface area contributed by atoms with Crippen LogP contribution in [-0.4, -0.2) is 52.2 Å². The van der Waals surface area contributed by atoms with Crippen LogP contribution in [0.25, 0.3) is 11.1 Å². The standard InChI is InChI=1S/C21H20F3N3O3.C2HF3O2/c22-21(23,24)13-5-12(8-26-9-13)11-1-3-17-15(6-11)20(10-29-19(25)27-20)16-7-14(28)2-4-18(16)30-17;3-2(4,5)1(6)7/h1,3,5-6,8-9,14,16,18,28H,2,4,7,10H2,(H2,25,27);(H,6,7). The van der Waals surface area contributed by atoms with E-state index in [2.05, 4.69) is 9.98 Å². The molecule has 2 aromatic rings. The molecule has 14 heteroatoms. The van der Waals surface area contributed by atoms with Crippen molar-refractivity contribution in [1.82, 2.24) is 4.98 Å². The fourth-order valence-corrected chi connectivity index (χ4v) is 4.80. The Balaban J connectivity index is 0.000000405. The van der Waals surface area contributed by atoms with E-state index in [9.17, 15) is 31.4 Å². The Hall–Kier alpha value is -3.55. The molecule has 5 rings (SSSR count). The highest BCUT2D eigenvalue weighted by Gasteiger charge is 2.55. The van der Waals surface area contributed by atoms with Crippen molar-refractivity contribution in [3.05, 3.63) is 47.8 Å². The number of alkyl halides is 6. The van der Waals surface area contributed by atoms with Gasteiger partial charge in [-0.2, -0.15) is 26.3 Å². The van der Waals surface area contributed by atoms with E-state index in [0.717, 1.165) is 12.3 Å². The number of rotatable bonds is 1. The number of aromatic nitrogens is 1. The summed E-state index contributed by atoms with van der Waals surface area (Å²) in [7, 11) is 0. The molecule has 0 saturated heterocycles. The lowest BCUT2D eigenvalue weighted by Crippen LogP contribution is -2.51. The van der Waals surface area contributed by atoms with Gasteiger partial charge in [0.2, 0.25) is 0 Å². The van der Waals surface area contributed by atoms with Crippen LogP contribution in [0.1, 0.15) is 30.4 Å². The van der Waals surface area contributed by atoms with Gasteiger partial charge in [-0.1, -0.05) is 6.07 Å². The van der Waals surface area contributed by atoms with Gasteiger partial charge >= 0.3 is 18.3 Å². The van der Waals surface area contributed by atoms with Gasteiger partial charge < -0.3 is 25.4 Å². The van der Waals surface area contributed by atoms with E-state index in [1.807, 2.05) is 0 Å². The van der Waals surface area contributed by atoms with Gasteiger partial charge in [-0.15, -0.1) is 0 Å². The third kappa shape index (κ3) is 5.29. The molecule has 0 bridgehead atoms. The highest BCUT2D eigenvalue weighted by Crippen LogP contribution is 2.53. The number of nitrogens with two attached hydrogens (primary N) is 1. The topological polar surface area (TPSA) is 127 Å². The summed E-state index contributed by atoms with van der Waals surface area (Å²) in [6.45, 7) is 0.202. The molecule has 37 heavy (non-hydrogen) atoms. The second-order valence-electron chi connectivity index (χ2n) is 8.87. The Morgan fingerprint density at radius 2 is 1.78 bits per heavy atom. The van der Waals surface area contributed by atoms with Gasteiger partial charge in [0, 0.05) is 29.4 Å². The molecule has 1 aromatic carbocycles. The van der Waals surface area contributed by atoms with Crippen LogP contribution in [0.3, 0.4) is 0 Å². The molecule has 1 aliphatic carbocycles. The van der Waals surface area contributed by atoms with Gasteiger partial charge in [0.1, 0.15) is 24.0 Å². The molecular weight excluding hydrogens is 512 g/mol. The van der Waals surface area contributed by atoms with Crippen LogP contribution < -0.4 is 10.5 Å². The molecular formula is C23H21F6N3O5. The summed E-state index contributed by atoms with van der Waals surface area (Å²) in [4.78, 5) is 17.3. The fourth-order valence-electron chi connectivity index (χ4n) is 4.80. The van der Waals surface area contributed by atoms with E-state index in [-0.39, 0.29) is 24.7 Å². The number of nitrogens with zero attached hydrogens (tertiary/aromatic N) is 2. The number of aliphatic hydroxyl groups excluding tert-OH is 1. The Morgan fingerprint density at radius 3 is 2.38 bits per heavy atom. The number of aliphatic carboxylic acids is 1. The minimum absolute atomic E-state index is 0.0628. The first-order chi connectivity index (χ1) is 17.2. The maximum Gasteiger partial charge on any atom is 0.490 e. The Kier molecular flexibility index (Phi) is 6.73. The summed E-state index contributed by atoms with van der Waals surface area (Å²) < 4.78 is 82.9. The van der Waals surface area contributed by atoms with Crippen LogP contribution in [0.4, 0.5) is 26.3 Å². The number of hydrogen-bond donors (Lipinski definition) is 3. The lowest BCUT2D eigenvalue weighted by Gasteiger charge is -2.47. The predicted octanol–water partition coefficient (Wildman–Crippen LogP) is 3.86. The third-order valence-corrected chi connectivity index (χ3v) is 6.49. The first-order valence-corrected chi connectivity index (χ1v) is 11.0. The van der Waals surface area contributed by atoms with Crippen LogP contribution in [-0.2, 0) is 21.2 Å². The van der Waals surface area contributed by atoms with Crippen molar-refractivity contribution in [2.45, 2.75) is 49.4 Å². The Labute approximate surface area is 205 Å². The predicted molar refractivity (Wildman–Crippen MR) is 115 cm³/mol. The molecule has 1 saturated carbocycles. The molecule has 1 fully saturated rings. The summed E-state index contributed by atoms with van der Waals surface area (Å²) in [5.41, 5.74) is 5.81. The minimum Gasteiger partial charge on any atom is -0.490 e. The third-order valence-electron chi connectivity index (χ3n) is 6.49.